The van der Waals surface area contributed by atoms with Gasteiger partial charge >= 0.3 is 5.97 Å². The molecule has 1 rings (SSSR count). The van der Waals surface area contributed by atoms with E-state index in [1.54, 1.807) is 0 Å². The maximum Gasteiger partial charge on any atom is 0.356 e. The second-order valence-corrected chi connectivity index (χ2v) is 4.67. The van der Waals surface area contributed by atoms with Crippen molar-refractivity contribution in [1.29, 1.82) is 0 Å². The van der Waals surface area contributed by atoms with Crippen molar-refractivity contribution in [2.75, 3.05) is 0 Å². The predicted molar refractivity (Wildman–Crippen MR) is 70.9 cm³/mol. The first kappa shape index (κ1) is 15.2. The largest absolute Gasteiger partial charge is 0.476 e. The minimum Gasteiger partial charge on any atom is -0.476 e. The number of carbonyl (C=O) groups is 2. The molecule has 1 aromatic rings. The van der Waals surface area contributed by atoms with E-state index < -0.39 is 5.97 Å². The summed E-state index contributed by atoms with van der Waals surface area (Å²) in [5.74, 6) is -1.24. The van der Waals surface area contributed by atoms with Gasteiger partial charge in [0.05, 0.1) is 0 Å². The van der Waals surface area contributed by atoms with Crippen molar-refractivity contribution >= 4 is 11.9 Å². The number of amides is 1. The van der Waals surface area contributed by atoms with Gasteiger partial charge in [0.15, 0.2) is 5.69 Å². The van der Waals surface area contributed by atoms with Crippen LogP contribution in [-0.2, 0) is 11.3 Å². The van der Waals surface area contributed by atoms with E-state index in [0.717, 1.165) is 19.3 Å². The van der Waals surface area contributed by atoms with Crippen molar-refractivity contribution in [3.8, 4) is 0 Å². The normalized spacial score (nSPS) is 12.1. The highest BCUT2D eigenvalue weighted by molar-refractivity contribution is 5.85. The molecule has 0 saturated heterocycles. The molecule has 19 heavy (non-hydrogen) atoms. The van der Waals surface area contributed by atoms with Crippen LogP contribution in [0.1, 0.15) is 50.0 Å². The minimum atomic E-state index is -1.09. The van der Waals surface area contributed by atoms with Crippen LogP contribution in [0.5, 0.6) is 0 Å². The molecule has 1 heterocycles. The van der Waals surface area contributed by atoms with Crippen LogP contribution in [0.4, 0.5) is 0 Å². The number of unbranched alkanes of at least 4 members (excludes halogenated alkanes) is 2. The zero-order valence-electron chi connectivity index (χ0n) is 11.4. The molecule has 0 aromatic carbocycles. The molecule has 1 aromatic heterocycles. The fraction of sp³-hybridized carbons (Fsp3) is 0.615. The summed E-state index contributed by atoms with van der Waals surface area (Å²) in [6.07, 6.45) is 5.87. The first-order valence-corrected chi connectivity index (χ1v) is 6.59. The van der Waals surface area contributed by atoms with Crippen LogP contribution in [-0.4, -0.2) is 32.8 Å². The topological polar surface area (TPSA) is 84.2 Å². The molecule has 0 aliphatic heterocycles. The van der Waals surface area contributed by atoms with Crippen molar-refractivity contribution < 1.29 is 14.7 Å². The highest BCUT2D eigenvalue weighted by Gasteiger charge is 2.11. The van der Waals surface area contributed by atoms with Gasteiger partial charge in [-0.2, -0.15) is 5.10 Å². The molecule has 0 aliphatic rings. The summed E-state index contributed by atoms with van der Waals surface area (Å²) in [5, 5.41) is 15.4. The van der Waals surface area contributed by atoms with Gasteiger partial charge in [-0.3, -0.25) is 9.48 Å². The standard InChI is InChI=1S/C13H21N3O3/c1-3-4-5-6-10(2)14-12(17)9-16-8-7-11(15-16)13(18)19/h7-8,10H,3-6,9H2,1-2H3,(H,14,17)(H,18,19)/t10-/m0/s1. The van der Waals surface area contributed by atoms with Gasteiger partial charge in [-0.05, 0) is 19.4 Å². The highest BCUT2D eigenvalue weighted by atomic mass is 16.4. The molecule has 0 bridgehead atoms. The van der Waals surface area contributed by atoms with Gasteiger partial charge < -0.3 is 10.4 Å². The number of carboxylic acid groups (broad SMARTS) is 1. The smallest absolute Gasteiger partial charge is 0.356 e. The van der Waals surface area contributed by atoms with Gasteiger partial charge in [0, 0.05) is 12.2 Å². The van der Waals surface area contributed by atoms with Crippen molar-refractivity contribution in [3.63, 3.8) is 0 Å². The number of nitrogens with zero attached hydrogens (tertiary/aromatic N) is 2. The van der Waals surface area contributed by atoms with Gasteiger partial charge in [0.2, 0.25) is 5.91 Å². The van der Waals surface area contributed by atoms with Crippen LogP contribution < -0.4 is 5.32 Å². The molecule has 2 N–H and O–H groups in total. The first-order valence-electron chi connectivity index (χ1n) is 6.59. The molecular weight excluding hydrogens is 246 g/mol. The molecule has 0 fully saturated rings. The lowest BCUT2D eigenvalue weighted by atomic mass is 10.1. The number of aromatic carboxylic acids is 1. The van der Waals surface area contributed by atoms with E-state index in [0.29, 0.717) is 0 Å². The Balaban J connectivity index is 2.35. The van der Waals surface area contributed by atoms with Crippen molar-refractivity contribution in [1.82, 2.24) is 15.1 Å². The van der Waals surface area contributed by atoms with E-state index >= 15 is 0 Å². The third-order valence-corrected chi connectivity index (χ3v) is 2.81. The quantitative estimate of drug-likeness (QED) is 0.702. The average Bonchev–Trinajstić information content (AvgIpc) is 2.77. The van der Waals surface area contributed by atoms with Crippen LogP contribution in [0.2, 0.25) is 0 Å². The fourth-order valence-corrected chi connectivity index (χ4v) is 1.80. The number of aromatic nitrogens is 2. The number of rotatable bonds is 8. The number of carbonyl (C=O) groups excluding carboxylic acids is 1. The molecule has 0 unspecified atom stereocenters. The third kappa shape index (κ3) is 5.54. The number of hydrogen-bond acceptors (Lipinski definition) is 3. The molecule has 0 aliphatic carbocycles. The predicted octanol–water partition coefficient (Wildman–Crippen LogP) is 1.67. The number of carboxylic acids is 1. The van der Waals surface area contributed by atoms with Crippen LogP contribution in [0.3, 0.4) is 0 Å². The molecule has 0 saturated carbocycles. The summed E-state index contributed by atoms with van der Waals surface area (Å²) in [5.41, 5.74) is -0.0520. The van der Waals surface area contributed by atoms with Gasteiger partial charge in [-0.25, -0.2) is 4.79 Å². The van der Waals surface area contributed by atoms with E-state index in [-0.39, 0.29) is 24.2 Å². The summed E-state index contributed by atoms with van der Waals surface area (Å²) in [6.45, 7) is 4.16. The SMILES string of the molecule is CCCCC[C@H](C)NC(=O)Cn1ccc(C(=O)O)n1. The van der Waals surface area contributed by atoms with E-state index in [1.165, 1.54) is 23.4 Å². The molecule has 1 atom stereocenters. The Kier molecular flexibility index (Phi) is 6.05. The molecule has 6 nitrogen and oxygen atoms in total. The molecule has 1 amide bonds. The van der Waals surface area contributed by atoms with E-state index in [9.17, 15) is 9.59 Å². The third-order valence-electron chi connectivity index (χ3n) is 2.81. The summed E-state index contributed by atoms with van der Waals surface area (Å²) in [4.78, 5) is 22.4. The van der Waals surface area contributed by atoms with Gasteiger partial charge in [0.25, 0.3) is 0 Å². The zero-order valence-corrected chi connectivity index (χ0v) is 11.4. The van der Waals surface area contributed by atoms with Crippen LogP contribution >= 0.6 is 0 Å². The van der Waals surface area contributed by atoms with Gasteiger partial charge in [-0.15, -0.1) is 0 Å². The lowest BCUT2D eigenvalue weighted by Crippen LogP contribution is -2.35. The van der Waals surface area contributed by atoms with Crippen molar-refractivity contribution in [3.05, 3.63) is 18.0 Å². The Bertz CT molecular complexity index is 429. The van der Waals surface area contributed by atoms with Crippen molar-refractivity contribution in [2.45, 2.75) is 52.1 Å². The van der Waals surface area contributed by atoms with Gasteiger partial charge in [0.1, 0.15) is 6.54 Å². The minimum absolute atomic E-state index is 0.0470. The molecular formula is C13H21N3O3. The van der Waals surface area contributed by atoms with Crippen LogP contribution in [0, 0.1) is 0 Å². The molecule has 0 spiro atoms. The summed E-state index contributed by atoms with van der Waals surface area (Å²) >= 11 is 0. The van der Waals surface area contributed by atoms with Crippen molar-refractivity contribution in [2.24, 2.45) is 0 Å². The van der Waals surface area contributed by atoms with E-state index in [2.05, 4.69) is 17.3 Å². The average molecular weight is 267 g/mol. The Morgan fingerprint density at radius 2 is 2.21 bits per heavy atom. The van der Waals surface area contributed by atoms with E-state index in [4.69, 9.17) is 5.11 Å². The Morgan fingerprint density at radius 3 is 2.79 bits per heavy atom. The first-order chi connectivity index (χ1) is 9.02. The molecule has 0 radical (unpaired) electrons. The number of hydrogen-bond donors (Lipinski definition) is 2. The monoisotopic (exact) mass is 267 g/mol. The second-order valence-electron chi connectivity index (χ2n) is 4.67. The summed E-state index contributed by atoms with van der Waals surface area (Å²) < 4.78 is 1.33. The fourth-order valence-electron chi connectivity index (χ4n) is 1.80. The van der Waals surface area contributed by atoms with Crippen LogP contribution in [0.15, 0.2) is 12.3 Å². The Labute approximate surface area is 112 Å². The van der Waals surface area contributed by atoms with Crippen LogP contribution in [0.25, 0.3) is 0 Å². The van der Waals surface area contributed by atoms with E-state index in [1.807, 2.05) is 6.92 Å². The summed E-state index contributed by atoms with van der Waals surface area (Å²) in [6, 6.07) is 1.51. The molecule has 106 valence electrons. The maximum atomic E-state index is 11.7. The second kappa shape index (κ2) is 7.56. The zero-order chi connectivity index (χ0) is 14.3. The Morgan fingerprint density at radius 1 is 1.47 bits per heavy atom. The molecule has 6 heteroatoms. The maximum absolute atomic E-state index is 11.7. The Hall–Kier alpha value is -1.85. The lowest BCUT2D eigenvalue weighted by molar-refractivity contribution is -0.122. The van der Waals surface area contributed by atoms with Gasteiger partial charge in [-0.1, -0.05) is 26.2 Å². The lowest BCUT2D eigenvalue weighted by Gasteiger charge is -2.13. The summed E-state index contributed by atoms with van der Waals surface area (Å²) in [7, 11) is 0. The number of nitrogens with one attached hydrogen (secondary N) is 1. The highest BCUT2D eigenvalue weighted by Crippen LogP contribution is 2.03.